The molecule has 0 aromatic rings. The smallest absolute Gasteiger partial charge is 0.220 e. The van der Waals surface area contributed by atoms with Gasteiger partial charge in [-0.2, -0.15) is 0 Å². The summed E-state index contributed by atoms with van der Waals surface area (Å²) in [6.07, 6.45) is 7.89. The highest BCUT2D eigenvalue weighted by Crippen LogP contribution is 2.08. The van der Waals surface area contributed by atoms with Crippen molar-refractivity contribution in [2.45, 2.75) is 58.8 Å². The summed E-state index contributed by atoms with van der Waals surface area (Å²) in [5.41, 5.74) is 0. The van der Waals surface area contributed by atoms with Crippen LogP contribution in [0.5, 0.6) is 0 Å². The number of hydrogen-bond donors (Lipinski definition) is 2. The van der Waals surface area contributed by atoms with Gasteiger partial charge in [0.15, 0.2) is 0 Å². The fourth-order valence-corrected chi connectivity index (χ4v) is 1.77. The van der Waals surface area contributed by atoms with Crippen molar-refractivity contribution in [3.8, 4) is 0 Å². The molecule has 0 saturated carbocycles. The second-order valence-electron chi connectivity index (χ2n) is 5.15. The first-order chi connectivity index (χ1) is 8.16. The summed E-state index contributed by atoms with van der Waals surface area (Å²) in [6.45, 7) is 6.31. The Morgan fingerprint density at radius 3 is 2.35 bits per heavy atom. The molecule has 102 valence electrons. The maximum atomic E-state index is 11.4. The summed E-state index contributed by atoms with van der Waals surface area (Å²) in [4.78, 5) is 11.4. The van der Waals surface area contributed by atoms with Crippen LogP contribution in [0.1, 0.15) is 58.8 Å². The zero-order valence-corrected chi connectivity index (χ0v) is 11.8. The lowest BCUT2D eigenvalue weighted by atomic mass is 10.0. The van der Waals surface area contributed by atoms with Gasteiger partial charge in [-0.05, 0) is 32.4 Å². The number of carbonyl (C=O) groups excluding carboxylic acids is 1. The molecule has 0 aromatic carbocycles. The normalized spacial score (nSPS) is 10.8. The number of carbonyl (C=O) groups is 1. The SMILES string of the molecule is CNCCCC(=O)NCCCCCCC(C)C. The van der Waals surface area contributed by atoms with Crippen molar-refractivity contribution in [3.05, 3.63) is 0 Å². The predicted molar refractivity (Wildman–Crippen MR) is 74.1 cm³/mol. The van der Waals surface area contributed by atoms with Gasteiger partial charge in [0.1, 0.15) is 0 Å². The summed E-state index contributed by atoms with van der Waals surface area (Å²) in [7, 11) is 1.91. The van der Waals surface area contributed by atoms with Gasteiger partial charge in [-0.25, -0.2) is 0 Å². The van der Waals surface area contributed by atoms with E-state index < -0.39 is 0 Å². The average molecular weight is 242 g/mol. The van der Waals surface area contributed by atoms with Crippen LogP contribution in [0.25, 0.3) is 0 Å². The number of rotatable bonds is 11. The highest BCUT2D eigenvalue weighted by atomic mass is 16.1. The molecule has 0 aliphatic heterocycles. The molecule has 0 aliphatic carbocycles. The van der Waals surface area contributed by atoms with Crippen LogP contribution in [-0.4, -0.2) is 26.0 Å². The van der Waals surface area contributed by atoms with Crippen LogP contribution in [-0.2, 0) is 4.79 Å². The summed E-state index contributed by atoms with van der Waals surface area (Å²) in [5, 5.41) is 6.02. The Balaban J connectivity index is 3.14. The molecule has 0 aromatic heterocycles. The fourth-order valence-electron chi connectivity index (χ4n) is 1.77. The predicted octanol–water partition coefficient (Wildman–Crippen LogP) is 2.71. The van der Waals surface area contributed by atoms with E-state index in [0.29, 0.717) is 6.42 Å². The summed E-state index contributed by atoms with van der Waals surface area (Å²) in [6, 6.07) is 0. The minimum absolute atomic E-state index is 0.197. The van der Waals surface area contributed by atoms with Gasteiger partial charge in [0.25, 0.3) is 0 Å². The topological polar surface area (TPSA) is 41.1 Å². The molecule has 0 radical (unpaired) electrons. The molecule has 0 spiro atoms. The molecule has 0 bridgehead atoms. The van der Waals surface area contributed by atoms with Crippen molar-refractivity contribution in [2.24, 2.45) is 5.92 Å². The van der Waals surface area contributed by atoms with E-state index in [1.54, 1.807) is 0 Å². The minimum atomic E-state index is 0.197. The molecule has 0 fully saturated rings. The van der Waals surface area contributed by atoms with Gasteiger partial charge in [-0.1, -0.05) is 39.5 Å². The van der Waals surface area contributed by atoms with Gasteiger partial charge >= 0.3 is 0 Å². The van der Waals surface area contributed by atoms with Crippen LogP contribution in [0.4, 0.5) is 0 Å². The van der Waals surface area contributed by atoms with Crippen LogP contribution in [0, 0.1) is 5.92 Å². The Morgan fingerprint density at radius 2 is 1.71 bits per heavy atom. The van der Waals surface area contributed by atoms with Crippen molar-refractivity contribution in [2.75, 3.05) is 20.1 Å². The van der Waals surface area contributed by atoms with Gasteiger partial charge in [-0.3, -0.25) is 4.79 Å². The first-order valence-electron chi connectivity index (χ1n) is 7.08. The van der Waals surface area contributed by atoms with Gasteiger partial charge in [0.2, 0.25) is 5.91 Å². The Kier molecular flexibility index (Phi) is 11.5. The Hall–Kier alpha value is -0.570. The summed E-state index contributed by atoms with van der Waals surface area (Å²) in [5.74, 6) is 1.02. The number of hydrogen-bond acceptors (Lipinski definition) is 2. The molecule has 1 amide bonds. The van der Waals surface area contributed by atoms with E-state index >= 15 is 0 Å². The van der Waals surface area contributed by atoms with E-state index in [-0.39, 0.29) is 5.91 Å². The monoisotopic (exact) mass is 242 g/mol. The molecule has 0 saturated heterocycles. The van der Waals surface area contributed by atoms with E-state index in [0.717, 1.165) is 31.8 Å². The fraction of sp³-hybridized carbons (Fsp3) is 0.929. The number of unbranched alkanes of at least 4 members (excludes halogenated alkanes) is 3. The van der Waals surface area contributed by atoms with E-state index in [2.05, 4.69) is 24.5 Å². The third kappa shape index (κ3) is 13.4. The molecule has 0 aliphatic rings. The maximum Gasteiger partial charge on any atom is 0.220 e. The Bertz CT molecular complexity index is 181. The van der Waals surface area contributed by atoms with Gasteiger partial charge < -0.3 is 10.6 Å². The van der Waals surface area contributed by atoms with Crippen molar-refractivity contribution in [1.82, 2.24) is 10.6 Å². The largest absolute Gasteiger partial charge is 0.356 e. The number of amides is 1. The highest BCUT2D eigenvalue weighted by molar-refractivity contribution is 5.75. The quantitative estimate of drug-likeness (QED) is 0.547. The molecule has 0 unspecified atom stereocenters. The van der Waals surface area contributed by atoms with Crippen molar-refractivity contribution in [1.29, 1.82) is 0 Å². The third-order valence-electron chi connectivity index (χ3n) is 2.86. The zero-order valence-electron chi connectivity index (χ0n) is 11.8. The van der Waals surface area contributed by atoms with Crippen molar-refractivity contribution in [3.63, 3.8) is 0 Å². The maximum absolute atomic E-state index is 11.4. The zero-order chi connectivity index (χ0) is 12.9. The van der Waals surface area contributed by atoms with Gasteiger partial charge in [-0.15, -0.1) is 0 Å². The molecule has 3 heteroatoms. The Labute approximate surface area is 107 Å². The standard InChI is InChI=1S/C14H30N2O/c1-13(2)9-6-4-5-7-12-16-14(17)10-8-11-15-3/h13,15H,4-12H2,1-3H3,(H,16,17). The molecule has 0 rings (SSSR count). The molecule has 0 atom stereocenters. The molecule has 17 heavy (non-hydrogen) atoms. The van der Waals surface area contributed by atoms with Crippen LogP contribution in [0.3, 0.4) is 0 Å². The third-order valence-corrected chi connectivity index (χ3v) is 2.86. The number of nitrogens with one attached hydrogen (secondary N) is 2. The van der Waals surface area contributed by atoms with Crippen LogP contribution >= 0.6 is 0 Å². The van der Waals surface area contributed by atoms with Crippen LogP contribution < -0.4 is 10.6 Å². The summed E-state index contributed by atoms with van der Waals surface area (Å²) < 4.78 is 0. The van der Waals surface area contributed by atoms with Gasteiger partial charge in [0.05, 0.1) is 0 Å². The minimum Gasteiger partial charge on any atom is -0.356 e. The lowest BCUT2D eigenvalue weighted by Crippen LogP contribution is -2.25. The van der Waals surface area contributed by atoms with Gasteiger partial charge in [0, 0.05) is 13.0 Å². The lowest BCUT2D eigenvalue weighted by Gasteiger charge is -2.06. The van der Waals surface area contributed by atoms with E-state index in [9.17, 15) is 4.79 Å². The molecule has 2 N–H and O–H groups in total. The first-order valence-corrected chi connectivity index (χ1v) is 7.08. The lowest BCUT2D eigenvalue weighted by molar-refractivity contribution is -0.121. The van der Waals surface area contributed by atoms with Crippen LogP contribution in [0.15, 0.2) is 0 Å². The van der Waals surface area contributed by atoms with Crippen molar-refractivity contribution < 1.29 is 4.79 Å². The second kappa shape index (κ2) is 11.9. The Morgan fingerprint density at radius 1 is 1.00 bits per heavy atom. The molecular formula is C14H30N2O. The molecule has 3 nitrogen and oxygen atoms in total. The average Bonchev–Trinajstić information content (AvgIpc) is 2.28. The second-order valence-corrected chi connectivity index (χ2v) is 5.15. The van der Waals surface area contributed by atoms with E-state index in [4.69, 9.17) is 0 Å². The summed E-state index contributed by atoms with van der Waals surface area (Å²) >= 11 is 0. The molecule has 0 heterocycles. The van der Waals surface area contributed by atoms with Crippen molar-refractivity contribution >= 4 is 5.91 Å². The van der Waals surface area contributed by atoms with E-state index in [1.807, 2.05) is 7.05 Å². The highest BCUT2D eigenvalue weighted by Gasteiger charge is 1.99. The van der Waals surface area contributed by atoms with Crippen LogP contribution in [0.2, 0.25) is 0 Å². The molecular weight excluding hydrogens is 212 g/mol. The van der Waals surface area contributed by atoms with E-state index in [1.165, 1.54) is 25.7 Å². The first kappa shape index (κ1) is 16.4.